The van der Waals surface area contributed by atoms with Gasteiger partial charge in [-0.2, -0.15) is 0 Å². The molecule has 2 amide bonds. The molecule has 1 atom stereocenters. The SMILES string of the molecule is COc1ccc(S(=O)(=O)N(CC(=O)N(Cc2ccccc2F)[C@H](C)C(=O)NC2CCCC2)c2cc(Cl)ccc2OC)cc1OC. The molecule has 242 valence electrons. The van der Waals surface area contributed by atoms with Crippen LogP contribution >= 0.6 is 11.6 Å². The molecule has 4 rings (SSSR count). The molecule has 45 heavy (non-hydrogen) atoms. The topological polar surface area (TPSA) is 114 Å². The minimum Gasteiger partial charge on any atom is -0.495 e. The van der Waals surface area contributed by atoms with Crippen molar-refractivity contribution in [3.05, 3.63) is 77.1 Å². The lowest BCUT2D eigenvalue weighted by molar-refractivity contribution is -0.139. The molecule has 0 heterocycles. The molecular weight excluding hydrogens is 625 g/mol. The van der Waals surface area contributed by atoms with Crippen LogP contribution in [0.2, 0.25) is 5.02 Å². The summed E-state index contributed by atoms with van der Waals surface area (Å²) in [6, 6.07) is 13.2. The third-order valence-corrected chi connectivity index (χ3v) is 9.79. The summed E-state index contributed by atoms with van der Waals surface area (Å²) in [4.78, 5) is 28.6. The van der Waals surface area contributed by atoms with Gasteiger partial charge in [0, 0.05) is 29.2 Å². The number of nitrogens with one attached hydrogen (secondary N) is 1. The van der Waals surface area contributed by atoms with Gasteiger partial charge in [0.25, 0.3) is 10.0 Å². The second-order valence-electron chi connectivity index (χ2n) is 10.6. The highest BCUT2D eigenvalue weighted by Crippen LogP contribution is 2.37. The zero-order valence-corrected chi connectivity index (χ0v) is 27.2. The first-order valence-electron chi connectivity index (χ1n) is 14.4. The molecule has 0 spiro atoms. The number of benzene rings is 3. The third-order valence-electron chi connectivity index (χ3n) is 7.80. The van der Waals surface area contributed by atoms with E-state index in [0.29, 0.717) is 5.75 Å². The van der Waals surface area contributed by atoms with E-state index in [1.807, 2.05) is 0 Å². The number of carbonyl (C=O) groups is 2. The lowest BCUT2D eigenvalue weighted by Gasteiger charge is -2.33. The van der Waals surface area contributed by atoms with Crippen molar-refractivity contribution in [2.75, 3.05) is 32.2 Å². The molecule has 1 saturated carbocycles. The number of nitrogens with zero attached hydrogens (tertiary/aromatic N) is 2. The summed E-state index contributed by atoms with van der Waals surface area (Å²) in [5.74, 6) is -1.15. The predicted octanol–water partition coefficient (Wildman–Crippen LogP) is 5.18. The Morgan fingerprint density at radius 1 is 0.956 bits per heavy atom. The van der Waals surface area contributed by atoms with Gasteiger partial charge in [-0.25, -0.2) is 12.8 Å². The van der Waals surface area contributed by atoms with Crippen LogP contribution in [0.1, 0.15) is 38.2 Å². The summed E-state index contributed by atoms with van der Waals surface area (Å²) in [5.41, 5.74) is 0.156. The zero-order valence-electron chi connectivity index (χ0n) is 25.6. The maximum absolute atomic E-state index is 14.8. The lowest BCUT2D eigenvalue weighted by atomic mass is 10.1. The zero-order chi connectivity index (χ0) is 32.7. The molecule has 13 heteroatoms. The molecule has 0 aliphatic heterocycles. The van der Waals surface area contributed by atoms with Crippen molar-refractivity contribution >= 4 is 39.1 Å². The van der Waals surface area contributed by atoms with Crippen LogP contribution in [-0.2, 0) is 26.2 Å². The van der Waals surface area contributed by atoms with Gasteiger partial charge in [-0.15, -0.1) is 0 Å². The van der Waals surface area contributed by atoms with Crippen molar-refractivity contribution in [1.82, 2.24) is 10.2 Å². The van der Waals surface area contributed by atoms with Crippen molar-refractivity contribution in [3.8, 4) is 17.2 Å². The molecule has 0 aromatic heterocycles. The Morgan fingerprint density at radius 3 is 2.24 bits per heavy atom. The van der Waals surface area contributed by atoms with Gasteiger partial charge in [-0.3, -0.25) is 13.9 Å². The van der Waals surface area contributed by atoms with Gasteiger partial charge < -0.3 is 24.4 Å². The number of rotatable bonds is 13. The second-order valence-corrected chi connectivity index (χ2v) is 12.9. The van der Waals surface area contributed by atoms with E-state index < -0.39 is 40.2 Å². The molecule has 0 unspecified atom stereocenters. The summed E-state index contributed by atoms with van der Waals surface area (Å²) in [5, 5.41) is 3.18. The number of methoxy groups -OCH3 is 3. The van der Waals surface area contributed by atoms with E-state index in [-0.39, 0.29) is 45.3 Å². The number of anilines is 1. The van der Waals surface area contributed by atoms with Crippen LogP contribution in [-0.4, -0.2) is 65.1 Å². The molecule has 3 aromatic rings. The molecule has 1 aliphatic rings. The van der Waals surface area contributed by atoms with Crippen molar-refractivity contribution < 1.29 is 36.6 Å². The van der Waals surface area contributed by atoms with Crippen LogP contribution in [0.4, 0.5) is 10.1 Å². The van der Waals surface area contributed by atoms with Gasteiger partial charge >= 0.3 is 0 Å². The first kappa shape index (κ1) is 33.9. The van der Waals surface area contributed by atoms with Crippen molar-refractivity contribution in [1.29, 1.82) is 0 Å². The Hall–Kier alpha value is -4.03. The van der Waals surface area contributed by atoms with Gasteiger partial charge in [0.1, 0.15) is 24.2 Å². The highest BCUT2D eigenvalue weighted by Gasteiger charge is 2.35. The van der Waals surface area contributed by atoms with Gasteiger partial charge in [-0.1, -0.05) is 42.6 Å². The van der Waals surface area contributed by atoms with E-state index in [4.69, 9.17) is 25.8 Å². The minimum absolute atomic E-state index is 0.0120. The Morgan fingerprint density at radius 2 is 1.60 bits per heavy atom. The first-order chi connectivity index (χ1) is 21.5. The van der Waals surface area contributed by atoms with E-state index in [2.05, 4.69) is 5.32 Å². The van der Waals surface area contributed by atoms with Crippen LogP contribution in [0.3, 0.4) is 0 Å². The largest absolute Gasteiger partial charge is 0.495 e. The van der Waals surface area contributed by atoms with Crippen LogP contribution in [0.25, 0.3) is 0 Å². The number of hydrogen-bond acceptors (Lipinski definition) is 7. The second kappa shape index (κ2) is 14.8. The monoisotopic (exact) mass is 661 g/mol. The summed E-state index contributed by atoms with van der Waals surface area (Å²) in [6.45, 7) is 0.501. The van der Waals surface area contributed by atoms with Crippen LogP contribution < -0.4 is 23.8 Å². The molecule has 0 radical (unpaired) electrons. The van der Waals surface area contributed by atoms with Crippen molar-refractivity contribution in [3.63, 3.8) is 0 Å². The van der Waals surface area contributed by atoms with Gasteiger partial charge in [0.15, 0.2) is 11.5 Å². The number of hydrogen-bond donors (Lipinski definition) is 1. The summed E-state index contributed by atoms with van der Waals surface area (Å²) in [6.07, 6.45) is 3.63. The van der Waals surface area contributed by atoms with E-state index in [1.54, 1.807) is 6.07 Å². The van der Waals surface area contributed by atoms with Crippen LogP contribution in [0.5, 0.6) is 17.2 Å². The number of carbonyl (C=O) groups excluding carboxylic acids is 2. The molecule has 10 nitrogen and oxygen atoms in total. The maximum atomic E-state index is 14.8. The Bertz CT molecular complexity index is 1630. The fraction of sp³-hybridized carbons (Fsp3) is 0.375. The fourth-order valence-corrected chi connectivity index (χ4v) is 6.86. The summed E-state index contributed by atoms with van der Waals surface area (Å²) < 4.78 is 60.3. The van der Waals surface area contributed by atoms with Crippen LogP contribution in [0, 0.1) is 5.82 Å². The summed E-state index contributed by atoms with van der Waals surface area (Å²) in [7, 11) is -0.354. The highest BCUT2D eigenvalue weighted by atomic mass is 35.5. The molecule has 0 saturated heterocycles. The number of amides is 2. The molecule has 1 N–H and O–H groups in total. The van der Waals surface area contributed by atoms with E-state index in [0.717, 1.165) is 30.0 Å². The minimum atomic E-state index is -4.50. The maximum Gasteiger partial charge on any atom is 0.265 e. The Balaban J connectivity index is 1.78. The van der Waals surface area contributed by atoms with Gasteiger partial charge in [-0.05, 0) is 56.2 Å². The van der Waals surface area contributed by atoms with E-state index >= 15 is 0 Å². The Kier molecular flexibility index (Phi) is 11.2. The average Bonchev–Trinajstić information content (AvgIpc) is 3.55. The average molecular weight is 662 g/mol. The number of halogens is 2. The van der Waals surface area contributed by atoms with E-state index in [1.165, 1.54) is 87.8 Å². The fourth-order valence-electron chi connectivity index (χ4n) is 5.26. The lowest BCUT2D eigenvalue weighted by Crippen LogP contribution is -2.52. The van der Waals surface area contributed by atoms with Gasteiger partial charge in [0.2, 0.25) is 11.8 Å². The normalized spacial score (nSPS) is 14.0. The Labute approximate surface area is 268 Å². The molecule has 1 fully saturated rings. The van der Waals surface area contributed by atoms with Crippen molar-refractivity contribution in [2.45, 2.75) is 56.1 Å². The summed E-state index contributed by atoms with van der Waals surface area (Å²) >= 11 is 6.29. The third kappa shape index (κ3) is 7.80. The molecular formula is C32H37ClFN3O7S. The van der Waals surface area contributed by atoms with Crippen molar-refractivity contribution in [2.24, 2.45) is 0 Å². The van der Waals surface area contributed by atoms with Gasteiger partial charge in [0.05, 0.1) is 31.9 Å². The number of sulfonamides is 1. The molecule has 0 bridgehead atoms. The first-order valence-corrected chi connectivity index (χ1v) is 16.2. The predicted molar refractivity (Wildman–Crippen MR) is 169 cm³/mol. The quantitative estimate of drug-likeness (QED) is 0.269. The van der Waals surface area contributed by atoms with E-state index in [9.17, 15) is 22.4 Å². The smallest absolute Gasteiger partial charge is 0.265 e. The standard InChI is InChI=1S/C32H37ClFN3O7S/c1-21(32(39)35-24-10-6-7-11-24)36(19-22-9-5-8-12-26(22)34)31(38)20-37(27-17-23(33)13-15-28(27)42-2)45(40,41)25-14-16-29(43-3)30(18-25)44-4/h5,8-9,12-18,21,24H,6-7,10-11,19-20H2,1-4H3,(H,35,39)/t21-/m1/s1. The van der Waals surface area contributed by atoms with Crippen LogP contribution in [0.15, 0.2) is 65.6 Å². The molecule has 3 aromatic carbocycles. The molecule has 1 aliphatic carbocycles. The number of ether oxygens (including phenoxy) is 3. The highest BCUT2D eigenvalue weighted by molar-refractivity contribution is 7.92.